The molecule has 0 fully saturated rings. The summed E-state index contributed by atoms with van der Waals surface area (Å²) in [4.78, 5) is 12.5. The largest absolute Gasteiger partial charge is 0.493 e. The Labute approximate surface area is 179 Å². The molecule has 6 nitrogen and oxygen atoms in total. The zero-order valence-corrected chi connectivity index (χ0v) is 17.4. The SMILES string of the molecule is C#CCOc1ccc([C@H]2CC(=O)Nc3c2cnn3-c2cccc(Cl)c2C)cc1OC. The number of rotatable bonds is 5. The zero-order valence-electron chi connectivity index (χ0n) is 16.6. The number of hydrogen-bond donors (Lipinski definition) is 1. The minimum Gasteiger partial charge on any atom is -0.493 e. The molecule has 7 heteroatoms. The summed E-state index contributed by atoms with van der Waals surface area (Å²) in [7, 11) is 1.57. The van der Waals surface area contributed by atoms with Gasteiger partial charge in [0.2, 0.25) is 5.91 Å². The van der Waals surface area contributed by atoms with Gasteiger partial charge in [-0.3, -0.25) is 4.79 Å². The van der Waals surface area contributed by atoms with Gasteiger partial charge in [-0.05, 0) is 42.3 Å². The van der Waals surface area contributed by atoms with Crippen LogP contribution in [-0.2, 0) is 4.79 Å². The second-order valence-corrected chi connectivity index (χ2v) is 7.36. The number of ether oxygens (including phenoxy) is 2. The molecule has 0 radical (unpaired) electrons. The minimum absolute atomic E-state index is 0.0828. The first-order valence-corrected chi connectivity index (χ1v) is 9.78. The monoisotopic (exact) mass is 421 g/mol. The second kappa shape index (κ2) is 8.13. The number of anilines is 1. The molecule has 0 aliphatic carbocycles. The highest BCUT2D eigenvalue weighted by Gasteiger charge is 2.31. The molecule has 1 N–H and O–H groups in total. The molecule has 0 saturated heterocycles. The van der Waals surface area contributed by atoms with Crippen LogP contribution in [0.5, 0.6) is 11.5 Å². The van der Waals surface area contributed by atoms with E-state index in [2.05, 4.69) is 16.3 Å². The Morgan fingerprint density at radius 2 is 2.17 bits per heavy atom. The topological polar surface area (TPSA) is 65.4 Å². The molecule has 2 heterocycles. The van der Waals surface area contributed by atoms with Crippen LogP contribution in [-0.4, -0.2) is 29.4 Å². The molecule has 0 spiro atoms. The van der Waals surface area contributed by atoms with Crippen LogP contribution in [0.3, 0.4) is 0 Å². The van der Waals surface area contributed by atoms with Crippen LogP contribution < -0.4 is 14.8 Å². The van der Waals surface area contributed by atoms with Crippen LogP contribution in [0.15, 0.2) is 42.6 Å². The lowest BCUT2D eigenvalue weighted by atomic mass is 9.87. The van der Waals surface area contributed by atoms with Gasteiger partial charge in [0.25, 0.3) is 0 Å². The van der Waals surface area contributed by atoms with Crippen molar-refractivity contribution >= 4 is 23.3 Å². The number of aromatic nitrogens is 2. The predicted octanol–water partition coefficient (Wildman–Crippen LogP) is 4.33. The van der Waals surface area contributed by atoms with Gasteiger partial charge in [-0.25, -0.2) is 4.68 Å². The van der Waals surface area contributed by atoms with E-state index < -0.39 is 0 Å². The zero-order chi connectivity index (χ0) is 21.3. The maximum atomic E-state index is 12.5. The molecule has 152 valence electrons. The standard InChI is InChI=1S/C23H20ClN3O3/c1-4-10-30-20-9-8-15(11-21(20)29-3)16-12-22(28)26-23-17(16)13-25-27(23)19-7-5-6-18(24)14(19)2/h1,5-9,11,13,16H,10,12H2,2-3H3,(H,26,28)/t16-/m1/s1. The maximum absolute atomic E-state index is 12.5. The van der Waals surface area contributed by atoms with Gasteiger partial charge in [0.05, 0.1) is 19.0 Å². The van der Waals surface area contributed by atoms with Gasteiger partial charge < -0.3 is 14.8 Å². The highest BCUT2D eigenvalue weighted by atomic mass is 35.5. The van der Waals surface area contributed by atoms with Crippen molar-refractivity contribution in [3.05, 3.63) is 64.3 Å². The first-order chi connectivity index (χ1) is 14.5. The van der Waals surface area contributed by atoms with E-state index >= 15 is 0 Å². The quantitative estimate of drug-likeness (QED) is 0.623. The molecule has 0 unspecified atom stereocenters. The highest BCUT2D eigenvalue weighted by Crippen LogP contribution is 2.41. The van der Waals surface area contributed by atoms with Gasteiger partial charge in [0, 0.05) is 22.9 Å². The van der Waals surface area contributed by atoms with Crippen LogP contribution in [0.1, 0.15) is 29.0 Å². The molecule has 1 atom stereocenters. The minimum atomic E-state index is -0.169. The summed E-state index contributed by atoms with van der Waals surface area (Å²) in [6, 6.07) is 11.2. The Bertz CT molecular complexity index is 1160. The van der Waals surface area contributed by atoms with E-state index in [4.69, 9.17) is 27.5 Å². The number of amides is 1. The molecule has 1 aliphatic heterocycles. The van der Waals surface area contributed by atoms with Crippen molar-refractivity contribution in [1.82, 2.24) is 9.78 Å². The van der Waals surface area contributed by atoms with Crippen LogP contribution >= 0.6 is 11.6 Å². The van der Waals surface area contributed by atoms with E-state index in [1.807, 2.05) is 43.3 Å². The summed E-state index contributed by atoms with van der Waals surface area (Å²) in [5.41, 5.74) is 3.56. The fraction of sp³-hybridized carbons (Fsp3) is 0.217. The maximum Gasteiger partial charge on any atom is 0.226 e. The summed E-state index contributed by atoms with van der Waals surface area (Å²) < 4.78 is 12.7. The van der Waals surface area contributed by atoms with E-state index in [-0.39, 0.29) is 18.4 Å². The van der Waals surface area contributed by atoms with Crippen molar-refractivity contribution in [1.29, 1.82) is 0 Å². The Kier molecular flexibility index (Phi) is 5.39. The van der Waals surface area contributed by atoms with E-state index in [0.29, 0.717) is 28.8 Å². The van der Waals surface area contributed by atoms with Crippen molar-refractivity contribution in [2.75, 3.05) is 19.0 Å². The lowest BCUT2D eigenvalue weighted by Crippen LogP contribution is -2.24. The number of terminal acetylenes is 1. The average Bonchev–Trinajstić information content (AvgIpc) is 3.17. The normalized spacial score (nSPS) is 15.1. The van der Waals surface area contributed by atoms with E-state index in [9.17, 15) is 4.79 Å². The van der Waals surface area contributed by atoms with Crippen LogP contribution in [0.25, 0.3) is 5.69 Å². The molecule has 4 rings (SSSR count). The average molecular weight is 422 g/mol. The number of halogens is 1. The number of nitrogens with zero attached hydrogens (tertiary/aromatic N) is 2. The van der Waals surface area contributed by atoms with Gasteiger partial charge in [0.1, 0.15) is 12.4 Å². The third-order valence-electron chi connectivity index (χ3n) is 5.19. The third kappa shape index (κ3) is 3.49. The van der Waals surface area contributed by atoms with E-state index in [1.165, 1.54) is 0 Å². The Morgan fingerprint density at radius 1 is 1.33 bits per heavy atom. The first-order valence-electron chi connectivity index (χ1n) is 9.41. The number of methoxy groups -OCH3 is 1. The Hall–Kier alpha value is -3.43. The summed E-state index contributed by atoms with van der Waals surface area (Å²) in [5, 5.41) is 8.15. The summed E-state index contributed by atoms with van der Waals surface area (Å²) >= 11 is 6.29. The summed E-state index contributed by atoms with van der Waals surface area (Å²) in [6.45, 7) is 2.07. The van der Waals surface area contributed by atoms with Crippen molar-refractivity contribution < 1.29 is 14.3 Å². The number of nitrogens with one attached hydrogen (secondary N) is 1. The molecule has 1 aromatic heterocycles. The highest BCUT2D eigenvalue weighted by molar-refractivity contribution is 6.31. The number of fused-ring (bicyclic) bond motifs is 1. The predicted molar refractivity (Wildman–Crippen MR) is 116 cm³/mol. The van der Waals surface area contributed by atoms with Crippen molar-refractivity contribution in [2.45, 2.75) is 19.3 Å². The molecule has 2 aromatic carbocycles. The van der Waals surface area contributed by atoms with Gasteiger partial charge in [-0.2, -0.15) is 5.10 Å². The fourth-order valence-corrected chi connectivity index (χ4v) is 3.83. The van der Waals surface area contributed by atoms with Gasteiger partial charge >= 0.3 is 0 Å². The molecule has 0 saturated carbocycles. The van der Waals surface area contributed by atoms with Gasteiger partial charge in [-0.15, -0.1) is 6.42 Å². The summed E-state index contributed by atoms with van der Waals surface area (Å²) in [6.07, 6.45) is 7.37. The van der Waals surface area contributed by atoms with Gasteiger partial charge in [0.15, 0.2) is 11.5 Å². The van der Waals surface area contributed by atoms with Crippen molar-refractivity contribution in [2.24, 2.45) is 0 Å². The number of hydrogen-bond acceptors (Lipinski definition) is 4. The molecule has 30 heavy (non-hydrogen) atoms. The van der Waals surface area contributed by atoms with E-state index in [1.54, 1.807) is 18.0 Å². The van der Waals surface area contributed by atoms with E-state index in [0.717, 1.165) is 22.4 Å². The molecular weight excluding hydrogens is 402 g/mol. The molecule has 3 aromatic rings. The number of carbonyl (C=O) groups is 1. The van der Waals surface area contributed by atoms with Crippen molar-refractivity contribution in [3.8, 4) is 29.5 Å². The third-order valence-corrected chi connectivity index (χ3v) is 5.60. The van der Waals surface area contributed by atoms with Crippen LogP contribution in [0.2, 0.25) is 5.02 Å². The molecule has 1 amide bonds. The lowest BCUT2D eigenvalue weighted by Gasteiger charge is -2.24. The Morgan fingerprint density at radius 3 is 2.93 bits per heavy atom. The fourth-order valence-electron chi connectivity index (χ4n) is 3.66. The smallest absolute Gasteiger partial charge is 0.226 e. The Balaban J connectivity index is 1.77. The van der Waals surface area contributed by atoms with Crippen LogP contribution in [0.4, 0.5) is 5.82 Å². The molecule has 0 bridgehead atoms. The summed E-state index contributed by atoms with van der Waals surface area (Å²) in [5.74, 6) is 3.96. The van der Waals surface area contributed by atoms with Crippen LogP contribution in [0, 0.1) is 19.3 Å². The van der Waals surface area contributed by atoms with Crippen molar-refractivity contribution in [3.63, 3.8) is 0 Å². The molecule has 1 aliphatic rings. The molecular formula is C23H20ClN3O3. The lowest BCUT2D eigenvalue weighted by molar-refractivity contribution is -0.116. The number of carbonyl (C=O) groups excluding carboxylic acids is 1. The first kappa shape index (κ1) is 19.9. The number of benzene rings is 2. The van der Waals surface area contributed by atoms with Gasteiger partial charge in [-0.1, -0.05) is 29.7 Å². The second-order valence-electron chi connectivity index (χ2n) is 6.95.